The number of carbonyl (C=O) groups is 1. The molecule has 0 bridgehead atoms. The summed E-state index contributed by atoms with van der Waals surface area (Å²) in [5, 5.41) is 13.5. The minimum absolute atomic E-state index is 0. The van der Waals surface area contributed by atoms with Gasteiger partial charge >= 0.3 is 5.97 Å². The number of hydrogen-bond donors (Lipinski definition) is 2. The number of aromatic nitrogens is 1. The normalized spacial score (nSPS) is 10.2. The fourth-order valence-electron chi connectivity index (χ4n) is 2.67. The highest BCUT2D eigenvalue weighted by Gasteiger charge is 2.10. The molecular formula is C18H19ClN2O3. The van der Waals surface area contributed by atoms with Gasteiger partial charge in [0.1, 0.15) is 12.3 Å². The second-order valence-corrected chi connectivity index (χ2v) is 5.28. The lowest BCUT2D eigenvalue weighted by molar-refractivity contribution is -0.137. The largest absolute Gasteiger partial charge is 0.497 e. The van der Waals surface area contributed by atoms with Crippen LogP contribution >= 0.6 is 12.4 Å². The van der Waals surface area contributed by atoms with Crippen molar-refractivity contribution < 1.29 is 14.6 Å². The summed E-state index contributed by atoms with van der Waals surface area (Å²) in [6, 6.07) is 15.5. The number of carboxylic acid groups (broad SMARTS) is 1. The van der Waals surface area contributed by atoms with E-state index >= 15 is 0 Å². The van der Waals surface area contributed by atoms with Gasteiger partial charge in [0, 0.05) is 35.4 Å². The predicted octanol–water partition coefficient (Wildman–Crippen LogP) is 3.77. The van der Waals surface area contributed by atoms with Crippen LogP contribution in [-0.4, -0.2) is 22.8 Å². The van der Waals surface area contributed by atoms with E-state index in [1.807, 2.05) is 54.7 Å². The van der Waals surface area contributed by atoms with Crippen molar-refractivity contribution in [3.63, 3.8) is 0 Å². The third-order valence-corrected chi connectivity index (χ3v) is 3.73. The molecule has 0 aliphatic heterocycles. The molecule has 24 heavy (non-hydrogen) atoms. The molecule has 0 aliphatic rings. The number of anilines is 1. The van der Waals surface area contributed by atoms with Gasteiger partial charge in [-0.05, 0) is 23.8 Å². The van der Waals surface area contributed by atoms with E-state index in [0.29, 0.717) is 6.54 Å². The molecule has 1 heterocycles. The van der Waals surface area contributed by atoms with Crippen LogP contribution in [0, 0.1) is 0 Å². The van der Waals surface area contributed by atoms with Gasteiger partial charge in [0.15, 0.2) is 0 Å². The molecular weight excluding hydrogens is 328 g/mol. The Hall–Kier alpha value is -2.66. The van der Waals surface area contributed by atoms with Crippen LogP contribution in [0.1, 0.15) is 5.56 Å². The number of halogens is 1. The lowest BCUT2D eigenvalue weighted by atomic mass is 10.1. The highest BCUT2D eigenvalue weighted by molar-refractivity contribution is 5.86. The van der Waals surface area contributed by atoms with Gasteiger partial charge in [-0.2, -0.15) is 0 Å². The number of ether oxygens (including phenoxy) is 1. The quantitative estimate of drug-likeness (QED) is 0.713. The van der Waals surface area contributed by atoms with Crippen LogP contribution in [0.5, 0.6) is 5.75 Å². The summed E-state index contributed by atoms with van der Waals surface area (Å²) in [6.07, 6.45) is 1.89. The number of nitrogens with zero attached hydrogens (tertiary/aromatic N) is 1. The zero-order chi connectivity index (χ0) is 16.2. The lowest BCUT2D eigenvalue weighted by Crippen LogP contribution is -2.07. The van der Waals surface area contributed by atoms with Gasteiger partial charge in [0.2, 0.25) is 0 Å². The highest BCUT2D eigenvalue weighted by Crippen LogP contribution is 2.23. The summed E-state index contributed by atoms with van der Waals surface area (Å²) in [5.41, 5.74) is 2.95. The van der Waals surface area contributed by atoms with Crippen LogP contribution < -0.4 is 10.1 Å². The first kappa shape index (κ1) is 17.7. The Kier molecular flexibility index (Phi) is 5.71. The molecule has 0 fully saturated rings. The highest BCUT2D eigenvalue weighted by atomic mass is 35.5. The van der Waals surface area contributed by atoms with E-state index < -0.39 is 5.97 Å². The van der Waals surface area contributed by atoms with Crippen LogP contribution in [0.15, 0.2) is 54.7 Å². The van der Waals surface area contributed by atoms with Gasteiger partial charge in [0.05, 0.1) is 7.11 Å². The molecule has 3 rings (SSSR count). The number of carboxylic acids is 1. The van der Waals surface area contributed by atoms with Gasteiger partial charge < -0.3 is 19.7 Å². The standard InChI is InChI=1S/C18H18N2O3.ClH/c1-23-15-6-4-5-14(9-15)19-10-13-11-20(12-18(21)22)17-8-3-2-7-16(13)17;/h2-9,11,19H,10,12H2,1H3,(H,21,22);1H. The molecule has 0 saturated carbocycles. The molecule has 6 heteroatoms. The zero-order valence-electron chi connectivity index (χ0n) is 13.2. The van der Waals surface area contributed by atoms with Gasteiger partial charge in [-0.25, -0.2) is 0 Å². The van der Waals surface area contributed by atoms with Crippen molar-refractivity contribution >= 4 is 35.0 Å². The first-order valence-corrected chi connectivity index (χ1v) is 7.34. The first-order chi connectivity index (χ1) is 11.2. The Morgan fingerprint density at radius 2 is 2.00 bits per heavy atom. The molecule has 2 N–H and O–H groups in total. The van der Waals surface area contributed by atoms with Crippen molar-refractivity contribution in [3.8, 4) is 5.75 Å². The lowest BCUT2D eigenvalue weighted by Gasteiger charge is -2.07. The SMILES string of the molecule is COc1cccc(NCc2cn(CC(=O)O)c3ccccc23)c1.Cl. The number of nitrogens with one attached hydrogen (secondary N) is 1. The number of fused-ring (bicyclic) bond motifs is 1. The van der Waals surface area contributed by atoms with Gasteiger partial charge in [0.25, 0.3) is 0 Å². The number of rotatable bonds is 6. The van der Waals surface area contributed by atoms with Gasteiger partial charge in [-0.1, -0.05) is 24.3 Å². The summed E-state index contributed by atoms with van der Waals surface area (Å²) < 4.78 is 6.98. The van der Waals surface area contributed by atoms with E-state index in [1.165, 1.54) is 0 Å². The van der Waals surface area contributed by atoms with Crippen molar-refractivity contribution in [2.75, 3.05) is 12.4 Å². The molecule has 5 nitrogen and oxygen atoms in total. The first-order valence-electron chi connectivity index (χ1n) is 7.34. The molecule has 0 aliphatic carbocycles. The maximum Gasteiger partial charge on any atom is 0.323 e. The van der Waals surface area contributed by atoms with E-state index in [0.717, 1.165) is 27.9 Å². The molecule has 126 valence electrons. The summed E-state index contributed by atoms with van der Waals surface area (Å²) in [4.78, 5) is 11.0. The van der Waals surface area contributed by atoms with E-state index in [-0.39, 0.29) is 19.0 Å². The van der Waals surface area contributed by atoms with Crippen molar-refractivity contribution in [2.45, 2.75) is 13.1 Å². The molecule has 0 amide bonds. The Morgan fingerprint density at radius 3 is 2.75 bits per heavy atom. The van der Waals surface area contributed by atoms with Crippen LogP contribution in [0.3, 0.4) is 0 Å². The van der Waals surface area contributed by atoms with Gasteiger partial charge in [-0.15, -0.1) is 12.4 Å². The number of hydrogen-bond acceptors (Lipinski definition) is 3. The topological polar surface area (TPSA) is 63.5 Å². The second kappa shape index (κ2) is 7.75. The number of benzene rings is 2. The molecule has 2 aromatic carbocycles. The van der Waals surface area contributed by atoms with Gasteiger partial charge in [-0.3, -0.25) is 4.79 Å². The smallest absolute Gasteiger partial charge is 0.323 e. The van der Waals surface area contributed by atoms with E-state index in [4.69, 9.17) is 9.84 Å². The Balaban J connectivity index is 0.00000208. The minimum Gasteiger partial charge on any atom is -0.497 e. The average Bonchev–Trinajstić information content (AvgIpc) is 2.91. The average molecular weight is 347 g/mol. The number of methoxy groups -OCH3 is 1. The third-order valence-electron chi connectivity index (χ3n) is 3.73. The van der Waals surface area contributed by atoms with Crippen LogP contribution in [0.25, 0.3) is 10.9 Å². The number of para-hydroxylation sites is 1. The number of aliphatic carboxylic acids is 1. The van der Waals surface area contributed by atoms with Crippen molar-refractivity contribution in [1.29, 1.82) is 0 Å². The summed E-state index contributed by atoms with van der Waals surface area (Å²) in [6.45, 7) is 0.569. The van der Waals surface area contributed by atoms with Crippen LogP contribution in [0.2, 0.25) is 0 Å². The van der Waals surface area contributed by atoms with Crippen molar-refractivity contribution in [1.82, 2.24) is 4.57 Å². The molecule has 0 spiro atoms. The van der Waals surface area contributed by atoms with E-state index in [1.54, 1.807) is 11.7 Å². The molecule has 0 unspecified atom stereocenters. The zero-order valence-corrected chi connectivity index (χ0v) is 14.0. The van der Waals surface area contributed by atoms with E-state index in [9.17, 15) is 4.79 Å². The Morgan fingerprint density at radius 1 is 1.21 bits per heavy atom. The van der Waals surface area contributed by atoms with Crippen molar-refractivity contribution in [2.24, 2.45) is 0 Å². The summed E-state index contributed by atoms with van der Waals surface area (Å²) in [7, 11) is 1.64. The molecule has 0 atom stereocenters. The van der Waals surface area contributed by atoms with E-state index in [2.05, 4.69) is 5.32 Å². The van der Waals surface area contributed by atoms with Crippen LogP contribution in [-0.2, 0) is 17.9 Å². The fraction of sp³-hybridized carbons (Fsp3) is 0.167. The maximum atomic E-state index is 11.0. The molecule has 0 saturated heterocycles. The predicted molar refractivity (Wildman–Crippen MR) is 97.1 cm³/mol. The monoisotopic (exact) mass is 346 g/mol. The second-order valence-electron chi connectivity index (χ2n) is 5.28. The van der Waals surface area contributed by atoms with Crippen molar-refractivity contribution in [3.05, 3.63) is 60.3 Å². The third kappa shape index (κ3) is 3.81. The minimum atomic E-state index is -0.849. The summed E-state index contributed by atoms with van der Waals surface area (Å²) >= 11 is 0. The molecule has 3 aromatic rings. The maximum absolute atomic E-state index is 11.0. The summed E-state index contributed by atoms with van der Waals surface area (Å²) in [5.74, 6) is -0.0543. The van der Waals surface area contributed by atoms with Crippen LogP contribution in [0.4, 0.5) is 5.69 Å². The molecule has 1 aromatic heterocycles. The fourth-order valence-corrected chi connectivity index (χ4v) is 2.67. The Labute approximate surface area is 146 Å². The molecule has 0 radical (unpaired) electrons. The Bertz CT molecular complexity index is 845.